The van der Waals surface area contributed by atoms with Crippen LogP contribution in [-0.2, 0) is 0 Å². The van der Waals surface area contributed by atoms with Crippen LogP contribution in [0, 0.1) is 18.3 Å². The maximum absolute atomic E-state index is 12.3. The summed E-state index contributed by atoms with van der Waals surface area (Å²) in [5.74, 6) is -0.603. The molecule has 0 amide bonds. The number of ether oxygens (including phenoxy) is 2. The Bertz CT molecular complexity index is 693. The Labute approximate surface area is 118 Å². The second-order valence-corrected chi connectivity index (χ2v) is 4.04. The molecule has 0 saturated heterocycles. The largest absolute Gasteiger partial charge is 0.573 e. The molecule has 0 spiro atoms. The molecule has 1 aromatic carbocycles. The highest BCUT2D eigenvalue weighted by atomic mass is 19.4. The molecule has 0 atom stereocenters. The van der Waals surface area contributed by atoms with Crippen molar-refractivity contribution in [3.8, 4) is 23.4 Å². The number of benzene rings is 1. The number of aryl methyl sites for hydroxylation is 1. The maximum atomic E-state index is 12.3. The minimum atomic E-state index is -4.82. The average Bonchev–Trinajstić information content (AvgIpc) is 2.38. The molecule has 4 nitrogen and oxygen atoms in total. The second kappa shape index (κ2) is 5.71. The summed E-state index contributed by atoms with van der Waals surface area (Å²) in [4.78, 5) is 4.00. The normalized spacial score (nSPS) is 10.8. The van der Waals surface area contributed by atoms with E-state index in [2.05, 4.69) is 9.72 Å². The molecule has 0 aliphatic carbocycles. The van der Waals surface area contributed by atoms with Gasteiger partial charge in [-0.3, -0.25) is 0 Å². The zero-order valence-corrected chi connectivity index (χ0v) is 10.8. The third-order valence-corrected chi connectivity index (χ3v) is 2.35. The van der Waals surface area contributed by atoms with Crippen LogP contribution in [0.2, 0.25) is 0 Å². The summed E-state index contributed by atoms with van der Waals surface area (Å²) >= 11 is 0. The number of nitrogens with zero attached hydrogens (tertiary/aromatic N) is 2. The quantitative estimate of drug-likeness (QED) is 0.860. The van der Waals surface area contributed by atoms with Crippen molar-refractivity contribution in [1.29, 1.82) is 5.26 Å². The van der Waals surface area contributed by atoms with E-state index in [1.54, 1.807) is 6.92 Å². The van der Waals surface area contributed by atoms with Crippen molar-refractivity contribution in [1.82, 2.24) is 4.98 Å². The Balaban J connectivity index is 2.32. The predicted octanol–water partition coefficient (Wildman–Crippen LogP) is 3.95. The Hall–Kier alpha value is -2.75. The van der Waals surface area contributed by atoms with Crippen LogP contribution < -0.4 is 9.47 Å². The molecule has 0 fully saturated rings. The van der Waals surface area contributed by atoms with Crippen LogP contribution in [0.25, 0.3) is 0 Å². The third kappa shape index (κ3) is 4.11. The van der Waals surface area contributed by atoms with Gasteiger partial charge in [0.05, 0.1) is 11.6 Å². The van der Waals surface area contributed by atoms with E-state index in [9.17, 15) is 13.2 Å². The lowest BCUT2D eigenvalue weighted by molar-refractivity contribution is -0.275. The first-order valence-corrected chi connectivity index (χ1v) is 5.79. The Morgan fingerprint density at radius 2 is 1.81 bits per heavy atom. The van der Waals surface area contributed by atoms with Crippen molar-refractivity contribution >= 4 is 0 Å². The molecule has 0 unspecified atom stereocenters. The molecular weight excluding hydrogens is 285 g/mol. The van der Waals surface area contributed by atoms with Gasteiger partial charge in [-0.2, -0.15) is 5.26 Å². The lowest BCUT2D eigenvalue weighted by atomic mass is 10.2. The van der Waals surface area contributed by atoms with Gasteiger partial charge in [0.2, 0.25) is 5.88 Å². The fraction of sp³-hybridized carbons (Fsp3) is 0.143. The van der Waals surface area contributed by atoms with Crippen molar-refractivity contribution in [3.63, 3.8) is 0 Å². The van der Waals surface area contributed by atoms with Gasteiger partial charge in [-0.25, -0.2) is 4.98 Å². The molecule has 7 heteroatoms. The van der Waals surface area contributed by atoms with Crippen molar-refractivity contribution in [2.24, 2.45) is 0 Å². The fourth-order valence-electron chi connectivity index (χ4n) is 1.61. The van der Waals surface area contributed by atoms with Crippen molar-refractivity contribution in [3.05, 3.63) is 47.7 Å². The van der Waals surface area contributed by atoms with Crippen LogP contribution in [-0.4, -0.2) is 11.3 Å². The number of para-hydroxylation sites is 2. The van der Waals surface area contributed by atoms with Gasteiger partial charge in [-0.15, -0.1) is 13.2 Å². The van der Waals surface area contributed by atoms with Crippen molar-refractivity contribution < 1.29 is 22.6 Å². The third-order valence-electron chi connectivity index (χ3n) is 2.35. The smallest absolute Gasteiger partial charge is 0.435 e. The summed E-state index contributed by atoms with van der Waals surface area (Å²) in [6, 6.07) is 10.1. The number of rotatable bonds is 3. The summed E-state index contributed by atoms with van der Waals surface area (Å²) in [5.41, 5.74) is 0.810. The summed E-state index contributed by atoms with van der Waals surface area (Å²) in [7, 11) is 0. The lowest BCUT2D eigenvalue weighted by Crippen LogP contribution is -2.17. The van der Waals surface area contributed by atoms with Crippen LogP contribution in [0.5, 0.6) is 17.4 Å². The van der Waals surface area contributed by atoms with E-state index in [0.717, 1.165) is 6.07 Å². The molecule has 0 aliphatic rings. The molecule has 2 rings (SSSR count). The number of nitriles is 1. The van der Waals surface area contributed by atoms with Gasteiger partial charge in [0.15, 0.2) is 11.5 Å². The molecule has 1 aromatic heterocycles. The average molecular weight is 294 g/mol. The zero-order valence-electron chi connectivity index (χ0n) is 10.8. The topological polar surface area (TPSA) is 55.1 Å². The van der Waals surface area contributed by atoms with E-state index >= 15 is 0 Å². The minimum absolute atomic E-state index is 0.0183. The van der Waals surface area contributed by atoms with Crippen LogP contribution in [0.3, 0.4) is 0 Å². The maximum Gasteiger partial charge on any atom is 0.573 e. The van der Waals surface area contributed by atoms with E-state index in [-0.39, 0.29) is 11.6 Å². The first kappa shape index (κ1) is 14.7. The SMILES string of the molecule is Cc1cc(C#N)cc(Oc2ccccc2OC(F)(F)F)n1. The lowest BCUT2D eigenvalue weighted by Gasteiger charge is -2.13. The van der Waals surface area contributed by atoms with E-state index in [0.29, 0.717) is 11.3 Å². The fourth-order valence-corrected chi connectivity index (χ4v) is 1.61. The van der Waals surface area contributed by atoms with Crippen molar-refractivity contribution in [2.75, 3.05) is 0 Å². The molecule has 0 bridgehead atoms. The molecule has 0 radical (unpaired) electrons. The molecule has 0 saturated carbocycles. The number of hydrogen-bond acceptors (Lipinski definition) is 4. The van der Waals surface area contributed by atoms with E-state index in [1.807, 2.05) is 6.07 Å². The first-order valence-electron chi connectivity index (χ1n) is 5.79. The van der Waals surface area contributed by atoms with E-state index in [4.69, 9.17) is 10.00 Å². The van der Waals surface area contributed by atoms with Gasteiger partial charge in [0.1, 0.15) is 0 Å². The van der Waals surface area contributed by atoms with Gasteiger partial charge in [0.25, 0.3) is 0 Å². The second-order valence-electron chi connectivity index (χ2n) is 4.04. The van der Waals surface area contributed by atoms with Crippen LogP contribution in [0.1, 0.15) is 11.3 Å². The number of pyridine rings is 1. The standard InChI is InChI=1S/C14H9F3N2O2/c1-9-6-10(8-18)7-13(19-9)20-11-4-2-3-5-12(11)21-14(15,16)17/h2-7H,1H3. The number of alkyl halides is 3. The summed E-state index contributed by atoms with van der Waals surface area (Å²) in [6.45, 7) is 1.64. The van der Waals surface area contributed by atoms with Crippen LogP contribution >= 0.6 is 0 Å². The molecular formula is C14H9F3N2O2. The molecule has 108 valence electrons. The minimum Gasteiger partial charge on any atom is -0.435 e. The van der Waals surface area contributed by atoms with Gasteiger partial charge in [0, 0.05) is 11.8 Å². The monoisotopic (exact) mass is 294 g/mol. The van der Waals surface area contributed by atoms with Gasteiger partial charge < -0.3 is 9.47 Å². The molecule has 0 aliphatic heterocycles. The molecule has 0 N–H and O–H groups in total. The summed E-state index contributed by atoms with van der Waals surface area (Å²) in [6.07, 6.45) is -4.82. The highest BCUT2D eigenvalue weighted by Crippen LogP contribution is 2.34. The molecule has 21 heavy (non-hydrogen) atoms. The summed E-state index contributed by atoms with van der Waals surface area (Å²) in [5, 5.41) is 8.85. The molecule has 1 heterocycles. The van der Waals surface area contributed by atoms with Gasteiger partial charge in [-0.05, 0) is 25.1 Å². The first-order chi connectivity index (χ1) is 9.87. The predicted molar refractivity (Wildman–Crippen MR) is 66.9 cm³/mol. The molecule has 2 aromatic rings. The Kier molecular flexibility index (Phi) is 3.98. The highest BCUT2D eigenvalue weighted by molar-refractivity contribution is 5.43. The Morgan fingerprint density at radius 3 is 2.43 bits per heavy atom. The van der Waals surface area contributed by atoms with Crippen LogP contribution in [0.4, 0.5) is 13.2 Å². The number of aromatic nitrogens is 1. The van der Waals surface area contributed by atoms with E-state index in [1.165, 1.54) is 30.3 Å². The highest BCUT2D eigenvalue weighted by Gasteiger charge is 2.32. The van der Waals surface area contributed by atoms with Gasteiger partial charge in [-0.1, -0.05) is 12.1 Å². The van der Waals surface area contributed by atoms with E-state index < -0.39 is 12.1 Å². The number of hydrogen-bond donors (Lipinski definition) is 0. The van der Waals surface area contributed by atoms with Gasteiger partial charge >= 0.3 is 6.36 Å². The number of halogens is 3. The Morgan fingerprint density at radius 1 is 1.14 bits per heavy atom. The van der Waals surface area contributed by atoms with Crippen molar-refractivity contribution in [2.45, 2.75) is 13.3 Å². The van der Waals surface area contributed by atoms with Crippen LogP contribution in [0.15, 0.2) is 36.4 Å². The zero-order chi connectivity index (χ0) is 15.5. The summed E-state index contributed by atoms with van der Waals surface area (Å²) < 4.78 is 46.1.